The summed E-state index contributed by atoms with van der Waals surface area (Å²) in [7, 11) is 0. The summed E-state index contributed by atoms with van der Waals surface area (Å²) in [5.74, 6) is -11.1. The Kier molecular flexibility index (Phi) is 28.8. The van der Waals surface area contributed by atoms with Gasteiger partial charge >= 0.3 is 5.97 Å². The number of aliphatic hydroxyl groups is 2. The molecule has 0 saturated carbocycles. The van der Waals surface area contributed by atoms with Gasteiger partial charge in [-0.3, -0.25) is 47.9 Å². The molecule has 10 amide bonds. The van der Waals surface area contributed by atoms with Crippen molar-refractivity contribution in [3.05, 3.63) is 0 Å². The number of hydrogen-bond donors (Lipinski definition) is 15. The number of aliphatic carboxylic acids is 1. The Hall–Kier alpha value is -5.25. The minimum atomic E-state index is -1.57. The number of rotatable bonds is 31. The smallest absolute Gasteiger partial charge is 0.327 e. The summed E-state index contributed by atoms with van der Waals surface area (Å²) >= 11 is 8.30. The number of carboxylic acid groups (broad SMARTS) is 1. The lowest BCUT2D eigenvalue weighted by molar-refractivity contribution is -0.143. The summed E-state index contributed by atoms with van der Waals surface area (Å²) in [6.45, 7) is 13.1. The first-order valence-corrected chi connectivity index (χ1v) is 25.4. The Morgan fingerprint density at radius 2 is 1.07 bits per heavy atom. The third kappa shape index (κ3) is 20.7. The Morgan fingerprint density at radius 3 is 1.54 bits per heavy atom. The number of aliphatic hydroxyl groups excluding tert-OH is 2. The Bertz CT molecular complexity index is 1900. The van der Waals surface area contributed by atoms with E-state index in [4.69, 9.17) is 10.8 Å². The molecule has 0 aromatic heterocycles. The number of nitrogens with one attached hydrogen (secondary N) is 9. The summed E-state index contributed by atoms with van der Waals surface area (Å²) in [4.78, 5) is 146. The zero-order chi connectivity index (χ0) is 55.2. The number of nitrogens with two attached hydrogens (primary N) is 1. The fourth-order valence-corrected chi connectivity index (χ4v) is 7.81. The molecule has 25 nitrogen and oxygen atoms in total. The Morgan fingerprint density at radius 1 is 0.611 bits per heavy atom. The average Bonchev–Trinajstić information content (AvgIpc) is 3.83. The second-order valence-corrected chi connectivity index (χ2v) is 19.5. The predicted molar refractivity (Wildman–Crippen MR) is 270 cm³/mol. The van der Waals surface area contributed by atoms with E-state index in [9.17, 15) is 63.0 Å². The molecular weight excluding hydrogens is 983 g/mol. The van der Waals surface area contributed by atoms with Gasteiger partial charge < -0.3 is 73.8 Å². The van der Waals surface area contributed by atoms with Gasteiger partial charge in [0, 0.05) is 18.1 Å². The maximum absolute atomic E-state index is 14.0. The van der Waals surface area contributed by atoms with Crippen LogP contribution in [0.3, 0.4) is 0 Å². The number of carboxylic acids is 1. The van der Waals surface area contributed by atoms with Crippen molar-refractivity contribution < 1.29 is 68.1 Å². The van der Waals surface area contributed by atoms with E-state index in [1.54, 1.807) is 55.4 Å². The first-order valence-electron chi connectivity index (χ1n) is 24.1. The molecule has 27 heteroatoms. The van der Waals surface area contributed by atoms with Crippen LogP contribution in [0.4, 0.5) is 0 Å². The first-order chi connectivity index (χ1) is 33.7. The van der Waals surface area contributed by atoms with Crippen LogP contribution in [0.2, 0.25) is 0 Å². The lowest BCUT2D eigenvalue weighted by Gasteiger charge is -2.32. The molecule has 1 aliphatic rings. The molecule has 410 valence electrons. The standard InChI is InChI=1S/C45H79N11O14S2/c1-10-23(7)34(52-31(59)17-48-38(62)27(15-21(3)4)49-43(67)36(25(9)58)53-32(60)16-47-37(61)26(46)18-57)42(66)54-33(22(5)6)40(64)50-28(19-71)44(68)56-14-12-13-30(56)39(63)55-35(24(8)11-2)41(65)51-29(20-72)45(69)70/h21-30,33-36,57-58,71-72H,10-20,46H2,1-9H3,(H,47,61)(H,48,62)(H,49,67)(H,50,64)(H,51,65)(H,52,59)(H,53,60)(H,54,66)(H,55,63)(H,69,70)/t23-,24-,25+,26-,27-,28-,29-,30-,33-,34-,35-,36-/m0/s1. The third-order valence-electron chi connectivity index (χ3n) is 12.1. The van der Waals surface area contributed by atoms with Crippen LogP contribution in [0.5, 0.6) is 0 Å². The van der Waals surface area contributed by atoms with E-state index in [0.29, 0.717) is 19.3 Å². The lowest BCUT2D eigenvalue weighted by atomic mass is 9.96. The van der Waals surface area contributed by atoms with Gasteiger partial charge in [0.15, 0.2) is 0 Å². The molecule has 1 saturated heterocycles. The predicted octanol–water partition coefficient (Wildman–Crippen LogP) is -3.96. The van der Waals surface area contributed by atoms with Gasteiger partial charge in [0.1, 0.15) is 54.4 Å². The highest BCUT2D eigenvalue weighted by atomic mass is 32.1. The molecule has 14 N–H and O–H groups in total. The van der Waals surface area contributed by atoms with Crippen molar-refractivity contribution in [2.75, 3.05) is 37.7 Å². The molecule has 12 atom stereocenters. The molecule has 72 heavy (non-hydrogen) atoms. The largest absolute Gasteiger partial charge is 0.480 e. The number of carbonyl (C=O) groups excluding carboxylic acids is 10. The molecule has 0 unspecified atom stereocenters. The van der Waals surface area contributed by atoms with Gasteiger partial charge in [-0.15, -0.1) is 0 Å². The normalized spacial score (nSPS) is 18.0. The molecule has 0 aromatic rings. The molecule has 0 bridgehead atoms. The van der Waals surface area contributed by atoms with Crippen LogP contribution >= 0.6 is 25.3 Å². The summed E-state index contributed by atoms with van der Waals surface area (Å²) in [6, 6.07) is -11.3. The van der Waals surface area contributed by atoms with E-state index in [1.165, 1.54) is 11.8 Å². The molecule has 0 spiro atoms. The topological polar surface area (TPSA) is 386 Å². The van der Waals surface area contributed by atoms with E-state index in [1.807, 2.05) is 0 Å². The van der Waals surface area contributed by atoms with E-state index in [-0.39, 0.29) is 36.8 Å². The number of amides is 10. The summed E-state index contributed by atoms with van der Waals surface area (Å²) in [5, 5.41) is 51.1. The van der Waals surface area contributed by atoms with Crippen molar-refractivity contribution in [1.29, 1.82) is 0 Å². The van der Waals surface area contributed by atoms with Crippen LogP contribution < -0.4 is 53.6 Å². The molecule has 0 aromatic carbocycles. The number of hydrogen-bond acceptors (Lipinski definition) is 16. The molecule has 0 radical (unpaired) electrons. The van der Waals surface area contributed by atoms with E-state index in [2.05, 4.69) is 73.1 Å². The van der Waals surface area contributed by atoms with Gasteiger partial charge in [-0.25, -0.2) is 4.79 Å². The van der Waals surface area contributed by atoms with E-state index < -0.39 is 163 Å². The maximum Gasteiger partial charge on any atom is 0.327 e. The van der Waals surface area contributed by atoms with Gasteiger partial charge in [-0.2, -0.15) is 25.3 Å². The molecule has 1 aliphatic heterocycles. The van der Waals surface area contributed by atoms with Crippen molar-refractivity contribution in [1.82, 2.24) is 52.8 Å². The number of carbonyl (C=O) groups is 11. The highest BCUT2D eigenvalue weighted by molar-refractivity contribution is 7.80. The summed E-state index contributed by atoms with van der Waals surface area (Å²) in [6.07, 6.45) is 0.0953. The number of nitrogens with zero attached hydrogens (tertiary/aromatic N) is 1. The molecule has 1 fully saturated rings. The van der Waals surface area contributed by atoms with Crippen molar-refractivity contribution >= 4 is 90.3 Å². The van der Waals surface area contributed by atoms with E-state index in [0.717, 1.165) is 0 Å². The highest BCUT2D eigenvalue weighted by Gasteiger charge is 2.41. The highest BCUT2D eigenvalue weighted by Crippen LogP contribution is 2.21. The van der Waals surface area contributed by atoms with Gasteiger partial charge in [0.05, 0.1) is 25.8 Å². The van der Waals surface area contributed by atoms with Crippen LogP contribution in [-0.2, 0) is 52.7 Å². The Labute approximate surface area is 431 Å². The van der Waals surface area contributed by atoms with Crippen molar-refractivity contribution in [3.8, 4) is 0 Å². The van der Waals surface area contributed by atoms with Gasteiger partial charge in [-0.05, 0) is 49.9 Å². The quantitative estimate of drug-likeness (QED) is 0.0295. The number of likely N-dealkylation sites (tertiary alicyclic amines) is 1. The minimum Gasteiger partial charge on any atom is -0.480 e. The van der Waals surface area contributed by atoms with Crippen LogP contribution in [0.1, 0.15) is 94.4 Å². The van der Waals surface area contributed by atoms with Crippen LogP contribution in [0.15, 0.2) is 0 Å². The lowest BCUT2D eigenvalue weighted by Crippen LogP contribution is -2.61. The van der Waals surface area contributed by atoms with Gasteiger partial charge in [-0.1, -0.05) is 68.2 Å². The SMILES string of the molecule is CC[C@H](C)[C@H](NC(=O)CNC(=O)[C@H](CC(C)C)NC(=O)[C@@H](NC(=O)CNC(=O)[C@@H](N)CO)[C@@H](C)O)C(=O)N[C@H](C(=O)N[C@@H](CS)C(=O)N1CCC[C@H]1C(=O)N[C@H](C(=O)N[C@@H](CS)C(=O)O)[C@@H](C)CC)C(C)C. The maximum atomic E-state index is 14.0. The Balaban J connectivity index is 3.12. The second kappa shape index (κ2) is 32.0. The van der Waals surface area contributed by atoms with Gasteiger partial charge in [0.25, 0.3) is 0 Å². The summed E-state index contributed by atoms with van der Waals surface area (Å²) < 4.78 is 0. The van der Waals surface area contributed by atoms with Crippen molar-refractivity contribution in [2.24, 2.45) is 29.4 Å². The van der Waals surface area contributed by atoms with Gasteiger partial charge in [0.2, 0.25) is 59.1 Å². The van der Waals surface area contributed by atoms with Crippen LogP contribution in [0, 0.1) is 23.7 Å². The van der Waals surface area contributed by atoms with Crippen LogP contribution in [-0.4, -0.2) is 183 Å². The molecule has 1 rings (SSSR count). The zero-order valence-electron chi connectivity index (χ0n) is 42.6. The molecule has 0 aliphatic carbocycles. The average molecular weight is 1060 g/mol. The monoisotopic (exact) mass is 1060 g/mol. The molecular formula is C45H79N11O14S2. The van der Waals surface area contributed by atoms with Crippen LogP contribution in [0.25, 0.3) is 0 Å². The third-order valence-corrected chi connectivity index (χ3v) is 12.8. The second-order valence-electron chi connectivity index (χ2n) is 18.7. The zero-order valence-corrected chi connectivity index (χ0v) is 44.4. The summed E-state index contributed by atoms with van der Waals surface area (Å²) in [5.41, 5.74) is 5.41. The number of thiol groups is 2. The minimum absolute atomic E-state index is 0.0625. The fraction of sp³-hybridized carbons (Fsp3) is 0.756. The van der Waals surface area contributed by atoms with Crippen molar-refractivity contribution in [3.63, 3.8) is 0 Å². The fourth-order valence-electron chi connectivity index (χ4n) is 7.32. The molecule has 1 heterocycles. The van der Waals surface area contributed by atoms with E-state index >= 15 is 0 Å². The van der Waals surface area contributed by atoms with Crippen molar-refractivity contribution in [2.45, 2.75) is 155 Å². The first kappa shape index (κ1) is 64.8.